The average Bonchev–Trinajstić information content (AvgIpc) is 2.95. The molecule has 2 aromatic carbocycles. The fourth-order valence-corrected chi connectivity index (χ4v) is 2.69. The zero-order valence-electron chi connectivity index (χ0n) is 13.0. The van der Waals surface area contributed by atoms with Gasteiger partial charge in [0, 0.05) is 5.02 Å². The Morgan fingerprint density at radius 3 is 2.56 bits per heavy atom. The van der Waals surface area contributed by atoms with Crippen LogP contribution in [-0.2, 0) is 0 Å². The van der Waals surface area contributed by atoms with Crippen molar-refractivity contribution >= 4 is 35.1 Å². The molecule has 1 aromatic heterocycles. The molecule has 0 spiro atoms. The number of hydrogen-bond donors (Lipinski definition) is 1. The number of nitrogens with zero attached hydrogens (tertiary/aromatic N) is 4. The number of benzene rings is 2. The number of nitriles is 1. The van der Waals surface area contributed by atoms with E-state index in [2.05, 4.69) is 15.4 Å². The van der Waals surface area contributed by atoms with Crippen LogP contribution >= 0.6 is 23.2 Å². The van der Waals surface area contributed by atoms with Crippen molar-refractivity contribution in [3.8, 4) is 11.8 Å². The van der Waals surface area contributed by atoms with Crippen LogP contribution in [0, 0.1) is 18.3 Å². The molecule has 25 heavy (non-hydrogen) atoms. The molecule has 1 N–H and O–H groups in total. The minimum atomic E-state index is -0.427. The molecule has 0 aliphatic carbocycles. The summed E-state index contributed by atoms with van der Waals surface area (Å²) in [7, 11) is 0. The van der Waals surface area contributed by atoms with Crippen molar-refractivity contribution in [2.24, 2.45) is 0 Å². The molecule has 0 atom stereocenters. The van der Waals surface area contributed by atoms with Crippen molar-refractivity contribution in [2.75, 3.05) is 5.32 Å². The van der Waals surface area contributed by atoms with E-state index in [-0.39, 0.29) is 16.5 Å². The third kappa shape index (κ3) is 3.63. The summed E-state index contributed by atoms with van der Waals surface area (Å²) < 4.78 is 1.48. The molecule has 0 saturated heterocycles. The van der Waals surface area contributed by atoms with Crippen LogP contribution in [-0.4, -0.2) is 20.7 Å². The van der Waals surface area contributed by atoms with Gasteiger partial charge in [-0.3, -0.25) is 10.1 Å². The second kappa shape index (κ2) is 6.93. The first-order valence-corrected chi connectivity index (χ1v) is 7.94. The van der Waals surface area contributed by atoms with Crippen molar-refractivity contribution < 1.29 is 4.79 Å². The number of anilines is 1. The quantitative estimate of drug-likeness (QED) is 0.753. The molecule has 6 nitrogen and oxygen atoms in total. The predicted octanol–water partition coefficient (Wildman–Crippen LogP) is 4.01. The van der Waals surface area contributed by atoms with Crippen molar-refractivity contribution in [1.29, 1.82) is 5.26 Å². The summed E-state index contributed by atoms with van der Waals surface area (Å²) in [6.07, 6.45) is 0. The fourth-order valence-electron chi connectivity index (χ4n) is 2.20. The van der Waals surface area contributed by atoms with Crippen LogP contribution in [0.1, 0.15) is 21.7 Å². The average molecular weight is 372 g/mol. The number of rotatable bonds is 3. The van der Waals surface area contributed by atoms with E-state index in [9.17, 15) is 4.79 Å². The van der Waals surface area contributed by atoms with Crippen molar-refractivity contribution in [3.05, 3.63) is 69.5 Å². The number of carbonyl (C=O) groups is 1. The largest absolute Gasteiger partial charge is 0.290 e. The van der Waals surface area contributed by atoms with Crippen molar-refractivity contribution in [2.45, 2.75) is 6.92 Å². The lowest BCUT2D eigenvalue weighted by molar-refractivity contribution is 0.102. The van der Waals surface area contributed by atoms with Crippen molar-refractivity contribution in [3.63, 3.8) is 0 Å². The minimum Gasteiger partial charge on any atom is -0.290 e. The first kappa shape index (κ1) is 17.0. The molecule has 0 saturated carbocycles. The standard InChI is InChI=1S/C17H11Cl2N5O/c1-10-21-17(22-16(25)14-7-4-12(18)8-15(14)19)24(23-10)13-5-2-11(9-20)3-6-13/h2-8H,1H3,(H,21,22,23,25). The minimum absolute atomic E-state index is 0.242. The second-order valence-electron chi connectivity index (χ2n) is 5.13. The first-order chi connectivity index (χ1) is 12.0. The topological polar surface area (TPSA) is 83.6 Å². The highest BCUT2D eigenvalue weighted by Crippen LogP contribution is 2.22. The molecule has 124 valence electrons. The van der Waals surface area contributed by atoms with Gasteiger partial charge in [0.25, 0.3) is 5.91 Å². The van der Waals surface area contributed by atoms with Gasteiger partial charge in [-0.1, -0.05) is 23.2 Å². The van der Waals surface area contributed by atoms with Gasteiger partial charge < -0.3 is 0 Å². The van der Waals surface area contributed by atoms with Gasteiger partial charge in [-0.05, 0) is 49.4 Å². The lowest BCUT2D eigenvalue weighted by Crippen LogP contribution is -2.16. The summed E-state index contributed by atoms with van der Waals surface area (Å²) in [6.45, 7) is 1.71. The lowest BCUT2D eigenvalue weighted by Gasteiger charge is -2.08. The van der Waals surface area contributed by atoms with Gasteiger partial charge in [-0.15, -0.1) is 5.10 Å². The summed E-state index contributed by atoms with van der Waals surface area (Å²) in [4.78, 5) is 16.7. The number of aromatic nitrogens is 3. The Kier molecular flexibility index (Phi) is 4.70. The number of aryl methyl sites for hydroxylation is 1. The molecule has 0 aliphatic rings. The highest BCUT2D eigenvalue weighted by atomic mass is 35.5. The Bertz CT molecular complexity index is 989. The predicted molar refractivity (Wildman–Crippen MR) is 95.2 cm³/mol. The van der Waals surface area contributed by atoms with E-state index in [4.69, 9.17) is 28.5 Å². The maximum atomic E-state index is 12.5. The Balaban J connectivity index is 1.93. The molecule has 0 unspecified atom stereocenters. The van der Waals surface area contributed by atoms with E-state index in [1.165, 1.54) is 16.8 Å². The van der Waals surface area contributed by atoms with Crippen LogP contribution in [0.3, 0.4) is 0 Å². The summed E-state index contributed by atoms with van der Waals surface area (Å²) in [5.74, 6) is 0.309. The highest BCUT2D eigenvalue weighted by molar-refractivity contribution is 6.37. The Morgan fingerprint density at radius 1 is 1.20 bits per heavy atom. The molecule has 1 heterocycles. The van der Waals surface area contributed by atoms with Crippen LogP contribution in [0.4, 0.5) is 5.95 Å². The zero-order chi connectivity index (χ0) is 18.0. The van der Waals surface area contributed by atoms with E-state index >= 15 is 0 Å². The molecule has 3 aromatic rings. The number of hydrogen-bond acceptors (Lipinski definition) is 4. The summed E-state index contributed by atoms with van der Waals surface area (Å²) in [5, 5.41) is 16.5. The van der Waals surface area contributed by atoms with Gasteiger partial charge in [-0.2, -0.15) is 14.9 Å². The lowest BCUT2D eigenvalue weighted by atomic mass is 10.2. The number of carbonyl (C=O) groups excluding carboxylic acids is 1. The van der Waals surface area contributed by atoms with Crippen LogP contribution in [0.2, 0.25) is 10.0 Å². The van der Waals surface area contributed by atoms with E-state index in [1.54, 1.807) is 37.3 Å². The van der Waals surface area contributed by atoms with Crippen LogP contribution in [0.25, 0.3) is 5.69 Å². The molecule has 0 fully saturated rings. The van der Waals surface area contributed by atoms with E-state index in [1.807, 2.05) is 6.07 Å². The van der Waals surface area contributed by atoms with Gasteiger partial charge in [0.2, 0.25) is 5.95 Å². The third-order valence-electron chi connectivity index (χ3n) is 3.36. The van der Waals surface area contributed by atoms with E-state index in [0.717, 1.165) is 0 Å². The van der Waals surface area contributed by atoms with Crippen LogP contribution < -0.4 is 5.32 Å². The second-order valence-corrected chi connectivity index (χ2v) is 5.98. The van der Waals surface area contributed by atoms with E-state index in [0.29, 0.717) is 22.1 Å². The van der Waals surface area contributed by atoms with Gasteiger partial charge in [0.05, 0.1) is 27.9 Å². The number of nitrogens with one attached hydrogen (secondary N) is 1. The van der Waals surface area contributed by atoms with Crippen molar-refractivity contribution in [1.82, 2.24) is 14.8 Å². The first-order valence-electron chi connectivity index (χ1n) is 7.18. The van der Waals surface area contributed by atoms with Gasteiger partial charge in [0.15, 0.2) is 0 Å². The highest BCUT2D eigenvalue weighted by Gasteiger charge is 2.16. The summed E-state index contributed by atoms with van der Waals surface area (Å²) in [6, 6.07) is 13.4. The molecule has 0 bridgehead atoms. The fraction of sp³-hybridized carbons (Fsp3) is 0.0588. The maximum Gasteiger partial charge on any atom is 0.259 e. The molecular formula is C17H11Cl2N5O. The van der Waals surface area contributed by atoms with Crippen LogP contribution in [0.5, 0.6) is 0 Å². The maximum absolute atomic E-state index is 12.5. The Hall–Kier alpha value is -2.88. The zero-order valence-corrected chi connectivity index (χ0v) is 14.5. The number of amides is 1. The normalized spacial score (nSPS) is 10.3. The smallest absolute Gasteiger partial charge is 0.259 e. The van der Waals surface area contributed by atoms with E-state index < -0.39 is 5.91 Å². The molecule has 8 heteroatoms. The SMILES string of the molecule is Cc1nc(NC(=O)c2ccc(Cl)cc2Cl)n(-c2ccc(C#N)cc2)n1. The monoisotopic (exact) mass is 371 g/mol. The number of halogens is 2. The van der Waals surface area contributed by atoms with Gasteiger partial charge in [0.1, 0.15) is 5.82 Å². The summed E-state index contributed by atoms with van der Waals surface area (Å²) in [5.41, 5.74) is 1.47. The molecule has 0 aliphatic heterocycles. The van der Waals surface area contributed by atoms with Gasteiger partial charge >= 0.3 is 0 Å². The van der Waals surface area contributed by atoms with Crippen LogP contribution in [0.15, 0.2) is 42.5 Å². The Morgan fingerprint density at radius 2 is 1.92 bits per heavy atom. The molecule has 3 rings (SSSR count). The summed E-state index contributed by atoms with van der Waals surface area (Å²) >= 11 is 11.9. The molecular weight excluding hydrogens is 361 g/mol. The van der Waals surface area contributed by atoms with Gasteiger partial charge in [-0.25, -0.2) is 0 Å². The third-order valence-corrected chi connectivity index (χ3v) is 3.90. The molecule has 0 radical (unpaired) electrons. The molecule has 1 amide bonds. The Labute approximate surface area is 153 Å².